The van der Waals surface area contributed by atoms with Gasteiger partial charge in [-0.2, -0.15) is 4.52 Å². The summed E-state index contributed by atoms with van der Waals surface area (Å²) in [6, 6.07) is 4.00. The van der Waals surface area contributed by atoms with Crippen LogP contribution in [0.15, 0.2) is 24.3 Å². The molecule has 6 heteroatoms. The van der Waals surface area contributed by atoms with Gasteiger partial charge in [-0.05, 0) is 44.2 Å². The van der Waals surface area contributed by atoms with E-state index >= 15 is 0 Å². The lowest BCUT2D eigenvalue weighted by atomic mass is 9.94. The third-order valence-corrected chi connectivity index (χ3v) is 4.15. The van der Waals surface area contributed by atoms with Crippen LogP contribution in [-0.4, -0.2) is 46.6 Å². The molecule has 0 fully saturated rings. The van der Waals surface area contributed by atoms with E-state index in [1.807, 2.05) is 19.1 Å². The van der Waals surface area contributed by atoms with Crippen molar-refractivity contribution >= 4 is 11.5 Å². The maximum Gasteiger partial charge on any atom is 0.178 e. The highest BCUT2D eigenvalue weighted by Gasteiger charge is 2.17. The average molecular weight is 301 g/mol. The molecule has 0 bridgehead atoms. The van der Waals surface area contributed by atoms with Crippen molar-refractivity contribution in [1.29, 1.82) is 0 Å². The Bertz CT molecular complexity index is 651. The Balaban J connectivity index is 1.82. The maximum atomic E-state index is 5.26. The molecule has 0 amide bonds. The zero-order valence-corrected chi connectivity index (χ0v) is 13.3. The number of anilines is 1. The highest BCUT2D eigenvalue weighted by atomic mass is 16.5. The molecule has 0 saturated heterocycles. The normalized spacial score (nSPS) is 18.0. The topological polar surface area (TPSA) is 55.5 Å². The zero-order chi connectivity index (χ0) is 15.4. The van der Waals surface area contributed by atoms with Crippen molar-refractivity contribution in [3.63, 3.8) is 0 Å². The number of fused-ring (bicyclic) bond motifs is 1. The second-order valence-corrected chi connectivity index (χ2v) is 5.80. The molecule has 2 aromatic rings. The number of allylic oxidation sites excluding steroid dienone is 2. The number of nitrogens with zero attached hydrogens (tertiary/aromatic N) is 5. The van der Waals surface area contributed by atoms with Gasteiger partial charge in [0.05, 0.1) is 6.61 Å². The molecule has 1 aliphatic rings. The number of rotatable bonds is 6. The lowest BCUT2D eigenvalue weighted by Gasteiger charge is -2.29. The Morgan fingerprint density at radius 3 is 3.00 bits per heavy atom. The van der Waals surface area contributed by atoms with E-state index in [0.717, 1.165) is 36.8 Å². The molecule has 0 N–H and O–H groups in total. The molecule has 2 heterocycles. The van der Waals surface area contributed by atoms with E-state index < -0.39 is 0 Å². The van der Waals surface area contributed by atoms with Crippen LogP contribution in [0, 0.1) is 12.8 Å². The Morgan fingerprint density at radius 1 is 1.32 bits per heavy atom. The summed E-state index contributed by atoms with van der Waals surface area (Å²) in [4.78, 5) is 2.31. The van der Waals surface area contributed by atoms with E-state index in [0.29, 0.717) is 12.5 Å². The number of ether oxygens (including phenoxy) is 1. The average Bonchev–Trinajstić information content (AvgIpc) is 2.93. The summed E-state index contributed by atoms with van der Waals surface area (Å²) in [7, 11) is 1.74. The molecule has 0 spiro atoms. The van der Waals surface area contributed by atoms with Gasteiger partial charge in [0.25, 0.3) is 0 Å². The summed E-state index contributed by atoms with van der Waals surface area (Å²) in [5, 5.41) is 12.9. The van der Waals surface area contributed by atoms with Gasteiger partial charge in [0.15, 0.2) is 11.5 Å². The molecule has 118 valence electrons. The molecule has 0 aliphatic heterocycles. The number of hydrogen-bond donors (Lipinski definition) is 0. The summed E-state index contributed by atoms with van der Waals surface area (Å²) in [6.07, 6.45) is 8.15. The van der Waals surface area contributed by atoms with Crippen LogP contribution in [0.5, 0.6) is 0 Å². The fraction of sp³-hybridized carbons (Fsp3) is 0.562. The van der Waals surface area contributed by atoms with Gasteiger partial charge in [-0.3, -0.25) is 0 Å². The Hall–Kier alpha value is -1.95. The maximum absolute atomic E-state index is 5.26. The first-order valence-electron chi connectivity index (χ1n) is 7.86. The fourth-order valence-electron chi connectivity index (χ4n) is 2.89. The van der Waals surface area contributed by atoms with Crippen molar-refractivity contribution in [3.05, 3.63) is 30.1 Å². The first-order valence-corrected chi connectivity index (χ1v) is 7.86. The van der Waals surface area contributed by atoms with Crippen molar-refractivity contribution in [1.82, 2.24) is 19.8 Å². The largest absolute Gasteiger partial charge is 0.383 e. The lowest BCUT2D eigenvalue weighted by molar-refractivity contribution is 0.203. The quantitative estimate of drug-likeness (QED) is 0.766. The van der Waals surface area contributed by atoms with Crippen LogP contribution >= 0.6 is 0 Å². The molecule has 1 unspecified atom stereocenters. The highest BCUT2D eigenvalue weighted by Crippen LogP contribution is 2.22. The second kappa shape index (κ2) is 6.87. The van der Waals surface area contributed by atoms with Crippen molar-refractivity contribution in [2.24, 2.45) is 5.92 Å². The standard InChI is InChI=1S/C16H23N5O/c1-13-17-18-15-8-9-16(19-21(13)15)20(10-11-22-2)12-14-6-4-3-5-7-14/h3-4,8-9,14H,5-7,10-12H2,1-2H3. The monoisotopic (exact) mass is 301 g/mol. The second-order valence-electron chi connectivity index (χ2n) is 5.80. The van der Waals surface area contributed by atoms with Gasteiger partial charge in [-0.25, -0.2) is 0 Å². The molecule has 3 rings (SSSR count). The summed E-state index contributed by atoms with van der Waals surface area (Å²) < 4.78 is 7.07. The number of aromatic nitrogens is 4. The predicted octanol–water partition coefficient (Wildman–Crippen LogP) is 2.24. The molecule has 0 saturated carbocycles. The van der Waals surface area contributed by atoms with E-state index in [1.165, 1.54) is 12.8 Å². The predicted molar refractivity (Wildman–Crippen MR) is 86.1 cm³/mol. The van der Waals surface area contributed by atoms with Gasteiger partial charge in [0, 0.05) is 20.2 Å². The Morgan fingerprint density at radius 2 is 2.23 bits per heavy atom. The Kier molecular flexibility index (Phi) is 4.68. The number of hydrogen-bond acceptors (Lipinski definition) is 5. The molecule has 0 radical (unpaired) electrons. The first-order chi connectivity index (χ1) is 10.8. The summed E-state index contributed by atoms with van der Waals surface area (Å²) in [5.74, 6) is 2.45. The van der Waals surface area contributed by atoms with Gasteiger partial charge in [0.1, 0.15) is 5.82 Å². The van der Waals surface area contributed by atoms with E-state index in [2.05, 4.69) is 27.2 Å². The van der Waals surface area contributed by atoms with E-state index in [9.17, 15) is 0 Å². The summed E-state index contributed by atoms with van der Waals surface area (Å²) in [5.41, 5.74) is 0.786. The first kappa shape index (κ1) is 15.0. The summed E-state index contributed by atoms with van der Waals surface area (Å²) in [6.45, 7) is 4.47. The molecule has 22 heavy (non-hydrogen) atoms. The molecule has 1 aliphatic carbocycles. The molecular formula is C16H23N5O. The molecule has 6 nitrogen and oxygen atoms in total. The summed E-state index contributed by atoms with van der Waals surface area (Å²) >= 11 is 0. The molecule has 0 aromatic carbocycles. The number of aryl methyl sites for hydroxylation is 1. The fourth-order valence-corrected chi connectivity index (χ4v) is 2.89. The minimum Gasteiger partial charge on any atom is -0.383 e. The van der Waals surface area contributed by atoms with Crippen LogP contribution < -0.4 is 4.90 Å². The van der Waals surface area contributed by atoms with Gasteiger partial charge in [-0.1, -0.05) is 12.2 Å². The van der Waals surface area contributed by atoms with Crippen molar-refractivity contribution in [3.8, 4) is 0 Å². The molecule has 1 atom stereocenters. The van der Waals surface area contributed by atoms with Crippen LogP contribution in [0.2, 0.25) is 0 Å². The van der Waals surface area contributed by atoms with Crippen LogP contribution in [0.1, 0.15) is 25.1 Å². The van der Waals surface area contributed by atoms with Gasteiger partial charge >= 0.3 is 0 Å². The third kappa shape index (κ3) is 3.27. The highest BCUT2D eigenvalue weighted by molar-refractivity contribution is 5.45. The minimum absolute atomic E-state index is 0.682. The van der Waals surface area contributed by atoms with Gasteiger partial charge in [-0.15, -0.1) is 15.3 Å². The van der Waals surface area contributed by atoms with E-state index in [1.54, 1.807) is 11.6 Å². The third-order valence-electron chi connectivity index (χ3n) is 4.15. The van der Waals surface area contributed by atoms with Crippen LogP contribution in [0.3, 0.4) is 0 Å². The van der Waals surface area contributed by atoms with Crippen molar-refractivity contribution in [2.75, 3.05) is 31.7 Å². The lowest BCUT2D eigenvalue weighted by Crippen LogP contribution is -2.34. The SMILES string of the molecule is COCCN(CC1CC=CCC1)c1ccc2nnc(C)n2n1. The Labute approximate surface area is 130 Å². The minimum atomic E-state index is 0.682. The van der Waals surface area contributed by atoms with Gasteiger partial charge in [0.2, 0.25) is 0 Å². The van der Waals surface area contributed by atoms with Crippen molar-refractivity contribution in [2.45, 2.75) is 26.2 Å². The van der Waals surface area contributed by atoms with E-state index in [-0.39, 0.29) is 0 Å². The van der Waals surface area contributed by atoms with Crippen molar-refractivity contribution < 1.29 is 4.74 Å². The van der Waals surface area contributed by atoms with E-state index in [4.69, 9.17) is 9.84 Å². The van der Waals surface area contributed by atoms with Crippen LogP contribution in [0.4, 0.5) is 5.82 Å². The molecular weight excluding hydrogens is 278 g/mol. The smallest absolute Gasteiger partial charge is 0.178 e. The van der Waals surface area contributed by atoms with Gasteiger partial charge < -0.3 is 9.64 Å². The molecule has 2 aromatic heterocycles. The van der Waals surface area contributed by atoms with Crippen LogP contribution in [0.25, 0.3) is 5.65 Å². The zero-order valence-electron chi connectivity index (χ0n) is 13.3. The van der Waals surface area contributed by atoms with Crippen LogP contribution in [-0.2, 0) is 4.74 Å². The number of methoxy groups -OCH3 is 1.